The fraction of sp³-hybridized carbons (Fsp3) is 0.722. The van der Waals surface area contributed by atoms with Crippen molar-refractivity contribution in [2.24, 2.45) is 17.8 Å². The number of amides is 1. The van der Waals surface area contributed by atoms with Crippen LogP contribution in [0.2, 0.25) is 0 Å². The number of hydrogen-bond acceptors (Lipinski definition) is 4. The Kier molecular flexibility index (Phi) is 7.39. The Morgan fingerprint density at radius 3 is 2.22 bits per heavy atom. The molecule has 0 N–H and O–H groups in total. The van der Waals surface area contributed by atoms with E-state index < -0.39 is 0 Å². The van der Waals surface area contributed by atoms with Crippen LogP contribution in [0.3, 0.4) is 0 Å². The number of carbonyl (C=O) groups excluding carboxylic acids is 2. The molecule has 1 aromatic rings. The van der Waals surface area contributed by atoms with Gasteiger partial charge in [-0.1, -0.05) is 41.5 Å². The lowest BCUT2D eigenvalue weighted by atomic mass is 9.83. The molecule has 0 saturated carbocycles. The molecular weight excluding hydrogens is 308 g/mol. The predicted molar refractivity (Wildman–Crippen MR) is 95.5 cm³/mol. The van der Waals surface area contributed by atoms with Crippen LogP contribution in [0.15, 0.2) is 5.38 Å². The van der Waals surface area contributed by atoms with Gasteiger partial charge in [0.1, 0.15) is 5.78 Å². The van der Waals surface area contributed by atoms with Gasteiger partial charge in [0.15, 0.2) is 0 Å². The standard InChI is InChI=1S/C18H30N2O2S/c1-11(2)15(17(22)12(3)4)8-16(21)20(7)9-14-10-23-18(19-14)13(5)6/h10-13,15H,8-9H2,1-7H3. The Morgan fingerprint density at radius 1 is 1.17 bits per heavy atom. The summed E-state index contributed by atoms with van der Waals surface area (Å²) in [4.78, 5) is 31.0. The highest BCUT2D eigenvalue weighted by Gasteiger charge is 2.28. The van der Waals surface area contributed by atoms with Gasteiger partial charge in [-0.3, -0.25) is 9.59 Å². The van der Waals surface area contributed by atoms with Crippen LogP contribution in [0.1, 0.15) is 64.6 Å². The Hall–Kier alpha value is -1.23. The van der Waals surface area contributed by atoms with Gasteiger partial charge in [-0.25, -0.2) is 4.98 Å². The molecule has 1 unspecified atom stereocenters. The molecule has 0 bridgehead atoms. The van der Waals surface area contributed by atoms with E-state index in [1.807, 2.05) is 33.1 Å². The van der Waals surface area contributed by atoms with E-state index in [0.717, 1.165) is 10.7 Å². The molecule has 130 valence electrons. The molecular formula is C18H30N2O2S. The van der Waals surface area contributed by atoms with Gasteiger partial charge in [0.25, 0.3) is 0 Å². The van der Waals surface area contributed by atoms with Crippen molar-refractivity contribution in [3.8, 4) is 0 Å². The molecule has 0 aromatic carbocycles. The van der Waals surface area contributed by atoms with Gasteiger partial charge >= 0.3 is 0 Å². The van der Waals surface area contributed by atoms with Gasteiger partial charge in [0, 0.05) is 36.6 Å². The summed E-state index contributed by atoms with van der Waals surface area (Å²) in [5.41, 5.74) is 0.922. The highest BCUT2D eigenvalue weighted by molar-refractivity contribution is 7.09. The van der Waals surface area contributed by atoms with Crippen molar-refractivity contribution in [1.29, 1.82) is 0 Å². The molecule has 0 saturated heterocycles. The lowest BCUT2D eigenvalue weighted by Crippen LogP contribution is -2.33. The number of nitrogens with zero attached hydrogens (tertiary/aromatic N) is 2. The van der Waals surface area contributed by atoms with Crippen LogP contribution in [0.25, 0.3) is 0 Å². The molecule has 1 rings (SSSR count). The summed E-state index contributed by atoms with van der Waals surface area (Å²) in [6, 6.07) is 0. The second-order valence-electron chi connectivity index (χ2n) is 7.19. The Balaban J connectivity index is 2.69. The zero-order valence-electron chi connectivity index (χ0n) is 15.4. The van der Waals surface area contributed by atoms with Gasteiger partial charge in [0.2, 0.25) is 5.91 Å². The highest BCUT2D eigenvalue weighted by atomic mass is 32.1. The van der Waals surface area contributed by atoms with E-state index in [-0.39, 0.29) is 35.9 Å². The first-order chi connectivity index (χ1) is 10.6. The average molecular weight is 339 g/mol. The summed E-state index contributed by atoms with van der Waals surface area (Å²) >= 11 is 1.64. The smallest absolute Gasteiger partial charge is 0.223 e. The summed E-state index contributed by atoms with van der Waals surface area (Å²) < 4.78 is 0. The molecule has 1 heterocycles. The third kappa shape index (κ3) is 5.72. The monoisotopic (exact) mass is 338 g/mol. The molecule has 0 aliphatic rings. The van der Waals surface area contributed by atoms with E-state index >= 15 is 0 Å². The minimum atomic E-state index is -0.202. The summed E-state index contributed by atoms with van der Waals surface area (Å²) in [7, 11) is 1.79. The summed E-state index contributed by atoms with van der Waals surface area (Å²) in [6.07, 6.45) is 0.284. The molecule has 1 atom stereocenters. The van der Waals surface area contributed by atoms with Gasteiger partial charge in [-0.15, -0.1) is 11.3 Å². The first-order valence-corrected chi connectivity index (χ1v) is 9.23. The lowest BCUT2D eigenvalue weighted by molar-refractivity contribution is -0.137. The third-order valence-electron chi connectivity index (χ3n) is 4.02. The molecule has 23 heavy (non-hydrogen) atoms. The number of ketones is 1. The molecule has 4 nitrogen and oxygen atoms in total. The first kappa shape index (κ1) is 19.8. The summed E-state index contributed by atoms with van der Waals surface area (Å²) in [5.74, 6) is 0.534. The van der Waals surface area contributed by atoms with Crippen LogP contribution in [-0.2, 0) is 16.1 Å². The van der Waals surface area contributed by atoms with E-state index in [2.05, 4.69) is 18.8 Å². The maximum absolute atomic E-state index is 12.5. The SMILES string of the molecule is CC(C)C(=O)C(CC(=O)N(C)Cc1csc(C(C)C)n1)C(C)C. The van der Waals surface area contributed by atoms with Gasteiger partial charge in [-0.2, -0.15) is 0 Å². The van der Waals surface area contributed by atoms with Crippen LogP contribution in [0, 0.1) is 17.8 Å². The summed E-state index contributed by atoms with van der Waals surface area (Å²) in [5, 5.41) is 3.11. The zero-order valence-corrected chi connectivity index (χ0v) is 16.2. The molecule has 1 amide bonds. The van der Waals surface area contributed by atoms with E-state index in [1.54, 1.807) is 23.3 Å². The molecule has 0 spiro atoms. The molecule has 5 heteroatoms. The van der Waals surface area contributed by atoms with Crippen molar-refractivity contribution in [2.45, 2.75) is 60.4 Å². The number of aromatic nitrogens is 1. The zero-order chi connectivity index (χ0) is 17.7. The van der Waals surface area contributed by atoms with E-state index in [9.17, 15) is 9.59 Å². The second-order valence-corrected chi connectivity index (χ2v) is 8.08. The van der Waals surface area contributed by atoms with Gasteiger partial charge < -0.3 is 4.90 Å². The highest BCUT2D eigenvalue weighted by Crippen LogP contribution is 2.23. The Bertz CT molecular complexity index is 535. The first-order valence-electron chi connectivity index (χ1n) is 8.35. The Labute approximate surface area is 144 Å². The van der Waals surface area contributed by atoms with Crippen molar-refractivity contribution < 1.29 is 9.59 Å². The number of rotatable bonds is 8. The maximum atomic E-state index is 12.5. The Morgan fingerprint density at radius 2 is 1.78 bits per heavy atom. The molecule has 0 fully saturated rings. The normalized spacial score (nSPS) is 13.0. The fourth-order valence-corrected chi connectivity index (χ4v) is 3.25. The minimum absolute atomic E-state index is 0.0109. The van der Waals surface area contributed by atoms with Crippen molar-refractivity contribution >= 4 is 23.0 Å². The number of thiazole rings is 1. The van der Waals surface area contributed by atoms with Crippen molar-refractivity contribution in [3.05, 3.63) is 16.1 Å². The van der Waals surface area contributed by atoms with Gasteiger partial charge in [0.05, 0.1) is 17.2 Å². The predicted octanol–water partition coefficient (Wildman–Crippen LogP) is 4.11. The minimum Gasteiger partial charge on any atom is -0.340 e. The van der Waals surface area contributed by atoms with E-state index in [1.165, 1.54) is 0 Å². The third-order valence-corrected chi connectivity index (χ3v) is 5.22. The fourth-order valence-electron chi connectivity index (χ4n) is 2.43. The van der Waals surface area contributed by atoms with Crippen LogP contribution in [0.4, 0.5) is 0 Å². The summed E-state index contributed by atoms with van der Waals surface area (Å²) in [6.45, 7) is 12.5. The van der Waals surface area contributed by atoms with Crippen molar-refractivity contribution in [3.63, 3.8) is 0 Å². The molecule has 0 radical (unpaired) electrons. The van der Waals surface area contributed by atoms with E-state index in [0.29, 0.717) is 12.5 Å². The molecule has 0 aliphatic heterocycles. The molecule has 0 aliphatic carbocycles. The topological polar surface area (TPSA) is 50.3 Å². The van der Waals surface area contributed by atoms with Crippen molar-refractivity contribution in [2.75, 3.05) is 7.05 Å². The largest absolute Gasteiger partial charge is 0.340 e. The van der Waals surface area contributed by atoms with Crippen molar-refractivity contribution in [1.82, 2.24) is 9.88 Å². The van der Waals surface area contributed by atoms with Crippen LogP contribution in [-0.4, -0.2) is 28.6 Å². The van der Waals surface area contributed by atoms with Crippen LogP contribution >= 0.6 is 11.3 Å². The number of Topliss-reactive ketones (excluding diaryl/α,β-unsaturated/α-hetero) is 1. The molecule has 1 aromatic heterocycles. The lowest BCUT2D eigenvalue weighted by Gasteiger charge is -2.24. The maximum Gasteiger partial charge on any atom is 0.223 e. The van der Waals surface area contributed by atoms with Crippen LogP contribution in [0.5, 0.6) is 0 Å². The second kappa shape index (κ2) is 8.57. The number of hydrogen-bond donors (Lipinski definition) is 0. The van der Waals surface area contributed by atoms with Gasteiger partial charge in [-0.05, 0) is 5.92 Å². The van der Waals surface area contributed by atoms with Crippen LogP contribution < -0.4 is 0 Å². The number of carbonyl (C=O) groups is 2. The van der Waals surface area contributed by atoms with E-state index in [4.69, 9.17) is 0 Å². The quantitative estimate of drug-likeness (QED) is 0.716. The average Bonchev–Trinajstić information content (AvgIpc) is 2.91.